The molecule has 0 bridgehead atoms. The number of nitrogens with zero attached hydrogens (tertiary/aromatic N) is 1. The number of hydrogen-bond acceptors (Lipinski definition) is 3. The van der Waals surface area contributed by atoms with Crippen molar-refractivity contribution >= 4 is 28.9 Å². The van der Waals surface area contributed by atoms with Crippen molar-refractivity contribution in [3.63, 3.8) is 0 Å². The number of halogens is 1. The third-order valence-corrected chi connectivity index (χ3v) is 3.11. The van der Waals surface area contributed by atoms with E-state index in [1.165, 1.54) is 0 Å². The number of anilines is 2. The fraction of sp³-hybridized carbons (Fsp3) is 0.125. The lowest BCUT2D eigenvalue weighted by Crippen LogP contribution is -2.14. The zero-order valence-electron chi connectivity index (χ0n) is 11.7. The summed E-state index contributed by atoms with van der Waals surface area (Å²) in [6, 6.07) is 8.81. The number of amides is 1. The maximum absolute atomic E-state index is 12.2. The van der Waals surface area contributed by atoms with Crippen molar-refractivity contribution in [1.29, 1.82) is 0 Å². The predicted octanol–water partition coefficient (Wildman–Crippen LogP) is 3.89. The molecule has 0 spiro atoms. The smallest absolute Gasteiger partial charge is 0.274 e. The van der Waals surface area contributed by atoms with Gasteiger partial charge in [-0.2, -0.15) is 0 Å². The van der Waals surface area contributed by atoms with Gasteiger partial charge in [0.05, 0.1) is 0 Å². The van der Waals surface area contributed by atoms with Crippen LogP contribution < -0.4 is 10.6 Å². The average molecular weight is 302 g/mol. The molecule has 108 valence electrons. The third kappa shape index (κ3) is 4.07. The number of nitrogens with one attached hydrogen (secondary N) is 2. The standard InChI is InChI=1S/C16H16ClN3O/c1-3-7-18-13-6-8-19-15(10-13)16(21)20-14-5-4-12(17)9-11(14)2/h3-6,8-10H,1,7H2,2H3,(H,18,19)(H,20,21). The fourth-order valence-corrected chi connectivity index (χ4v) is 2.04. The van der Waals surface area contributed by atoms with E-state index in [-0.39, 0.29) is 5.91 Å². The molecule has 21 heavy (non-hydrogen) atoms. The molecule has 5 heteroatoms. The van der Waals surface area contributed by atoms with E-state index >= 15 is 0 Å². The maximum atomic E-state index is 12.2. The van der Waals surface area contributed by atoms with Crippen LogP contribution in [0.5, 0.6) is 0 Å². The third-order valence-electron chi connectivity index (χ3n) is 2.88. The Balaban J connectivity index is 2.14. The van der Waals surface area contributed by atoms with Gasteiger partial charge in [0.25, 0.3) is 5.91 Å². The van der Waals surface area contributed by atoms with Crippen molar-refractivity contribution in [3.05, 3.63) is 65.5 Å². The van der Waals surface area contributed by atoms with Gasteiger partial charge >= 0.3 is 0 Å². The van der Waals surface area contributed by atoms with Crippen molar-refractivity contribution < 1.29 is 4.79 Å². The van der Waals surface area contributed by atoms with Crippen molar-refractivity contribution in [3.8, 4) is 0 Å². The average Bonchev–Trinajstić information content (AvgIpc) is 2.48. The second kappa shape index (κ2) is 6.90. The van der Waals surface area contributed by atoms with Gasteiger partial charge in [-0.1, -0.05) is 17.7 Å². The molecule has 0 atom stereocenters. The van der Waals surface area contributed by atoms with Crippen LogP contribution in [0.3, 0.4) is 0 Å². The van der Waals surface area contributed by atoms with Gasteiger partial charge in [-0.3, -0.25) is 9.78 Å². The highest BCUT2D eigenvalue weighted by Gasteiger charge is 2.10. The molecule has 0 saturated heterocycles. The summed E-state index contributed by atoms with van der Waals surface area (Å²) in [6.45, 7) is 6.15. The molecule has 0 saturated carbocycles. The number of carbonyl (C=O) groups is 1. The van der Waals surface area contributed by atoms with E-state index in [1.807, 2.05) is 6.92 Å². The quantitative estimate of drug-likeness (QED) is 0.824. The molecule has 0 aliphatic carbocycles. The molecule has 2 aromatic rings. The Morgan fingerprint density at radius 2 is 2.19 bits per heavy atom. The number of carbonyl (C=O) groups excluding carboxylic acids is 1. The molecule has 1 heterocycles. The van der Waals surface area contributed by atoms with E-state index in [4.69, 9.17) is 11.6 Å². The van der Waals surface area contributed by atoms with Gasteiger partial charge < -0.3 is 10.6 Å². The molecule has 1 amide bonds. The summed E-state index contributed by atoms with van der Waals surface area (Å²) in [6.07, 6.45) is 3.34. The Morgan fingerprint density at radius 3 is 2.90 bits per heavy atom. The highest BCUT2D eigenvalue weighted by Crippen LogP contribution is 2.20. The lowest BCUT2D eigenvalue weighted by atomic mass is 10.2. The van der Waals surface area contributed by atoms with Crippen LogP contribution in [0.1, 0.15) is 16.1 Å². The van der Waals surface area contributed by atoms with Crippen molar-refractivity contribution in [2.45, 2.75) is 6.92 Å². The summed E-state index contributed by atoms with van der Waals surface area (Å²) in [4.78, 5) is 16.3. The molecule has 0 radical (unpaired) electrons. The molecule has 4 nitrogen and oxygen atoms in total. The summed E-state index contributed by atoms with van der Waals surface area (Å²) in [5, 5.41) is 6.58. The lowest BCUT2D eigenvalue weighted by Gasteiger charge is -2.09. The van der Waals surface area contributed by atoms with Crippen LogP contribution in [0.4, 0.5) is 11.4 Å². The maximum Gasteiger partial charge on any atom is 0.274 e. The number of hydrogen-bond donors (Lipinski definition) is 2. The van der Waals surface area contributed by atoms with Gasteiger partial charge in [-0.05, 0) is 42.8 Å². The first-order valence-corrected chi connectivity index (χ1v) is 6.86. The summed E-state index contributed by atoms with van der Waals surface area (Å²) < 4.78 is 0. The zero-order valence-corrected chi connectivity index (χ0v) is 12.4. The van der Waals surface area contributed by atoms with Crippen LogP contribution in [0, 0.1) is 6.92 Å². The Bertz CT molecular complexity index is 670. The number of aromatic nitrogens is 1. The topological polar surface area (TPSA) is 54.0 Å². The van der Waals surface area contributed by atoms with Crippen molar-refractivity contribution in [1.82, 2.24) is 4.98 Å². The van der Waals surface area contributed by atoms with E-state index in [0.717, 1.165) is 16.9 Å². The van der Waals surface area contributed by atoms with E-state index in [2.05, 4.69) is 22.2 Å². The normalized spacial score (nSPS) is 10.0. The molecular formula is C16H16ClN3O. The van der Waals surface area contributed by atoms with Gasteiger partial charge in [-0.15, -0.1) is 6.58 Å². The molecule has 2 N–H and O–H groups in total. The Kier molecular flexibility index (Phi) is 4.95. The molecule has 0 unspecified atom stereocenters. The second-order valence-corrected chi connectivity index (χ2v) is 4.95. The Labute approximate surface area is 128 Å². The Morgan fingerprint density at radius 1 is 1.38 bits per heavy atom. The molecular weight excluding hydrogens is 286 g/mol. The van der Waals surface area contributed by atoms with E-state index < -0.39 is 0 Å². The summed E-state index contributed by atoms with van der Waals surface area (Å²) >= 11 is 5.90. The minimum absolute atomic E-state index is 0.261. The molecule has 0 aliphatic heterocycles. The highest BCUT2D eigenvalue weighted by molar-refractivity contribution is 6.30. The van der Waals surface area contributed by atoms with Gasteiger partial charge in [-0.25, -0.2) is 0 Å². The van der Waals surface area contributed by atoms with E-state index in [0.29, 0.717) is 17.3 Å². The number of pyridine rings is 1. The van der Waals surface area contributed by atoms with Crippen LogP contribution in [-0.4, -0.2) is 17.4 Å². The first-order valence-electron chi connectivity index (χ1n) is 6.48. The largest absolute Gasteiger partial charge is 0.381 e. The van der Waals surface area contributed by atoms with Crippen molar-refractivity contribution in [2.75, 3.05) is 17.2 Å². The monoisotopic (exact) mass is 301 g/mol. The molecule has 1 aromatic heterocycles. The SMILES string of the molecule is C=CCNc1ccnc(C(=O)Nc2ccc(Cl)cc2C)c1. The summed E-state index contributed by atoms with van der Waals surface area (Å²) in [7, 11) is 0. The first kappa shape index (κ1) is 15.1. The van der Waals surface area contributed by atoms with Crippen LogP contribution in [0.25, 0.3) is 0 Å². The van der Waals surface area contributed by atoms with Gasteiger partial charge in [0.15, 0.2) is 0 Å². The molecule has 0 fully saturated rings. The van der Waals surface area contributed by atoms with Gasteiger partial charge in [0, 0.05) is 29.1 Å². The van der Waals surface area contributed by atoms with Crippen LogP contribution in [0.2, 0.25) is 5.02 Å². The highest BCUT2D eigenvalue weighted by atomic mass is 35.5. The molecule has 0 aliphatic rings. The molecule has 2 rings (SSSR count). The Hall–Kier alpha value is -2.33. The van der Waals surface area contributed by atoms with Gasteiger partial charge in [0.2, 0.25) is 0 Å². The lowest BCUT2D eigenvalue weighted by molar-refractivity contribution is 0.102. The predicted molar refractivity (Wildman–Crippen MR) is 87.1 cm³/mol. The first-order chi connectivity index (χ1) is 10.1. The molecule has 1 aromatic carbocycles. The fourth-order valence-electron chi connectivity index (χ4n) is 1.81. The summed E-state index contributed by atoms with van der Waals surface area (Å²) in [5.41, 5.74) is 2.79. The van der Waals surface area contributed by atoms with E-state index in [9.17, 15) is 4.79 Å². The second-order valence-electron chi connectivity index (χ2n) is 4.51. The van der Waals surface area contributed by atoms with Gasteiger partial charge in [0.1, 0.15) is 5.69 Å². The number of aryl methyl sites for hydroxylation is 1. The summed E-state index contributed by atoms with van der Waals surface area (Å²) in [5.74, 6) is -0.261. The van der Waals surface area contributed by atoms with Crippen LogP contribution >= 0.6 is 11.6 Å². The number of benzene rings is 1. The zero-order chi connectivity index (χ0) is 15.2. The number of rotatable bonds is 5. The van der Waals surface area contributed by atoms with Crippen molar-refractivity contribution in [2.24, 2.45) is 0 Å². The van der Waals surface area contributed by atoms with Crippen LogP contribution in [0.15, 0.2) is 49.2 Å². The minimum atomic E-state index is -0.261. The van der Waals surface area contributed by atoms with Crippen LogP contribution in [-0.2, 0) is 0 Å². The van der Waals surface area contributed by atoms with E-state index in [1.54, 1.807) is 42.6 Å². The minimum Gasteiger partial charge on any atom is -0.381 e.